The number of benzene rings is 1. The van der Waals surface area contributed by atoms with E-state index in [9.17, 15) is 14.4 Å². The van der Waals surface area contributed by atoms with Crippen LogP contribution in [0.5, 0.6) is 0 Å². The summed E-state index contributed by atoms with van der Waals surface area (Å²) < 4.78 is 0. The highest BCUT2D eigenvalue weighted by molar-refractivity contribution is 7.98. The molecule has 0 aromatic heterocycles. The Morgan fingerprint density at radius 3 is 2.46 bits per heavy atom. The Morgan fingerprint density at radius 2 is 1.88 bits per heavy atom. The minimum atomic E-state index is -0.728. The molecule has 140 valence electrons. The van der Waals surface area contributed by atoms with Crippen molar-refractivity contribution in [2.75, 3.05) is 17.3 Å². The molecule has 1 aromatic rings. The maximum atomic E-state index is 12.9. The standard InChI is InChI=1S/C20H26N2O3S/c1-13-6-5-7-14(12-13)21-18(23)17(10-11-26-2)22-19(24)15-8-3-4-9-16(15)20(22)25/h5-7,12,15-17H,3-4,8-11H2,1-2H3,(H,21,23). The molecule has 3 atom stereocenters. The quantitative estimate of drug-likeness (QED) is 0.777. The predicted octanol–water partition coefficient (Wildman–Crippen LogP) is 3.23. The average Bonchev–Trinajstić information content (AvgIpc) is 2.87. The van der Waals surface area contributed by atoms with Crippen LogP contribution in [0.3, 0.4) is 0 Å². The van der Waals surface area contributed by atoms with Crippen LogP contribution in [-0.2, 0) is 14.4 Å². The smallest absolute Gasteiger partial charge is 0.247 e. The summed E-state index contributed by atoms with van der Waals surface area (Å²) in [7, 11) is 0. The molecule has 2 aliphatic rings. The summed E-state index contributed by atoms with van der Waals surface area (Å²) in [6.45, 7) is 1.96. The molecule has 0 radical (unpaired) electrons. The number of likely N-dealkylation sites (tertiary alicyclic amines) is 1. The van der Waals surface area contributed by atoms with E-state index in [1.54, 1.807) is 11.8 Å². The van der Waals surface area contributed by atoms with Crippen molar-refractivity contribution in [3.8, 4) is 0 Å². The van der Waals surface area contributed by atoms with Gasteiger partial charge in [-0.05, 0) is 55.9 Å². The number of carbonyl (C=O) groups is 3. The van der Waals surface area contributed by atoms with E-state index in [0.717, 1.165) is 37.0 Å². The van der Waals surface area contributed by atoms with Crippen LogP contribution in [0.1, 0.15) is 37.7 Å². The maximum absolute atomic E-state index is 12.9. The number of anilines is 1. The Balaban J connectivity index is 1.81. The van der Waals surface area contributed by atoms with Gasteiger partial charge in [-0.15, -0.1) is 0 Å². The lowest BCUT2D eigenvalue weighted by Crippen LogP contribution is -2.48. The number of carbonyl (C=O) groups excluding carboxylic acids is 3. The van der Waals surface area contributed by atoms with Crippen LogP contribution in [0.25, 0.3) is 0 Å². The second-order valence-electron chi connectivity index (χ2n) is 7.20. The maximum Gasteiger partial charge on any atom is 0.247 e. The number of aryl methyl sites for hydroxylation is 1. The first-order chi connectivity index (χ1) is 12.5. The molecule has 2 fully saturated rings. The van der Waals surface area contributed by atoms with Crippen LogP contribution in [0.2, 0.25) is 0 Å². The summed E-state index contributed by atoms with van der Waals surface area (Å²) in [5.74, 6) is -0.293. The van der Waals surface area contributed by atoms with Crippen LogP contribution >= 0.6 is 11.8 Å². The second kappa shape index (κ2) is 8.25. The summed E-state index contributed by atoms with van der Waals surface area (Å²) >= 11 is 1.61. The Labute approximate surface area is 158 Å². The number of thioether (sulfide) groups is 1. The molecule has 1 N–H and O–H groups in total. The molecule has 1 aliphatic heterocycles. The first-order valence-corrected chi connectivity index (χ1v) is 10.7. The minimum absolute atomic E-state index is 0.148. The molecule has 0 bridgehead atoms. The van der Waals surface area contributed by atoms with Crippen LogP contribution in [0, 0.1) is 18.8 Å². The monoisotopic (exact) mass is 374 g/mol. The molecule has 1 aromatic carbocycles. The third kappa shape index (κ3) is 3.80. The van der Waals surface area contributed by atoms with E-state index >= 15 is 0 Å². The zero-order valence-corrected chi connectivity index (χ0v) is 16.2. The fraction of sp³-hybridized carbons (Fsp3) is 0.550. The largest absolute Gasteiger partial charge is 0.324 e. The van der Waals surface area contributed by atoms with Crippen molar-refractivity contribution in [1.82, 2.24) is 4.90 Å². The van der Waals surface area contributed by atoms with Crippen molar-refractivity contribution >= 4 is 35.2 Å². The van der Waals surface area contributed by atoms with Crippen molar-refractivity contribution in [2.45, 2.75) is 45.1 Å². The molecule has 3 rings (SSSR count). The van der Waals surface area contributed by atoms with Gasteiger partial charge in [-0.2, -0.15) is 11.8 Å². The van der Waals surface area contributed by atoms with E-state index in [0.29, 0.717) is 12.1 Å². The molecule has 3 amide bonds. The first kappa shape index (κ1) is 19.0. The van der Waals surface area contributed by atoms with Crippen molar-refractivity contribution in [3.63, 3.8) is 0 Å². The number of nitrogens with zero attached hydrogens (tertiary/aromatic N) is 1. The topological polar surface area (TPSA) is 66.5 Å². The van der Waals surface area contributed by atoms with Gasteiger partial charge >= 0.3 is 0 Å². The van der Waals surface area contributed by atoms with E-state index in [1.807, 2.05) is 37.4 Å². The summed E-state index contributed by atoms with van der Waals surface area (Å²) in [5.41, 5.74) is 1.74. The van der Waals surface area contributed by atoms with E-state index in [-0.39, 0.29) is 29.6 Å². The summed E-state index contributed by atoms with van der Waals surface area (Å²) in [5, 5.41) is 2.90. The summed E-state index contributed by atoms with van der Waals surface area (Å²) in [6.07, 6.45) is 5.94. The van der Waals surface area contributed by atoms with E-state index < -0.39 is 6.04 Å². The fourth-order valence-electron chi connectivity index (χ4n) is 4.05. The molecule has 1 heterocycles. The molecule has 1 saturated heterocycles. The number of nitrogens with one attached hydrogen (secondary N) is 1. The molecule has 26 heavy (non-hydrogen) atoms. The van der Waals surface area contributed by atoms with Crippen LogP contribution in [0.15, 0.2) is 24.3 Å². The lowest BCUT2D eigenvalue weighted by atomic mass is 9.81. The Hall–Kier alpha value is -1.82. The molecule has 1 saturated carbocycles. The highest BCUT2D eigenvalue weighted by Crippen LogP contribution is 2.39. The summed E-state index contributed by atoms with van der Waals surface area (Å²) in [4.78, 5) is 40.0. The predicted molar refractivity (Wildman–Crippen MR) is 104 cm³/mol. The SMILES string of the molecule is CSCCC(C(=O)Nc1cccc(C)c1)N1C(=O)C2CCCCC2C1=O. The van der Waals surface area contributed by atoms with Gasteiger partial charge in [0.1, 0.15) is 6.04 Å². The minimum Gasteiger partial charge on any atom is -0.324 e. The van der Waals surface area contributed by atoms with Crippen molar-refractivity contribution in [1.29, 1.82) is 0 Å². The number of rotatable bonds is 6. The van der Waals surface area contributed by atoms with Gasteiger partial charge in [0, 0.05) is 5.69 Å². The highest BCUT2D eigenvalue weighted by Gasteiger charge is 2.51. The lowest BCUT2D eigenvalue weighted by Gasteiger charge is -2.26. The molecule has 3 unspecified atom stereocenters. The zero-order chi connectivity index (χ0) is 18.7. The number of amides is 3. The third-order valence-electron chi connectivity index (χ3n) is 5.37. The molecular formula is C20H26N2O3S. The van der Waals surface area contributed by atoms with E-state index in [1.165, 1.54) is 4.90 Å². The normalized spacial score (nSPS) is 23.7. The number of hydrogen-bond acceptors (Lipinski definition) is 4. The van der Waals surface area contributed by atoms with Gasteiger partial charge in [-0.1, -0.05) is 25.0 Å². The zero-order valence-electron chi connectivity index (χ0n) is 15.4. The van der Waals surface area contributed by atoms with Crippen molar-refractivity contribution < 1.29 is 14.4 Å². The Bertz CT molecular complexity index is 682. The first-order valence-electron chi connectivity index (χ1n) is 9.26. The lowest BCUT2D eigenvalue weighted by molar-refractivity contribution is -0.146. The highest BCUT2D eigenvalue weighted by atomic mass is 32.2. The van der Waals surface area contributed by atoms with E-state index in [2.05, 4.69) is 5.32 Å². The second-order valence-corrected chi connectivity index (χ2v) is 8.19. The molecular weight excluding hydrogens is 348 g/mol. The number of hydrogen-bond donors (Lipinski definition) is 1. The van der Waals surface area contributed by atoms with Crippen molar-refractivity contribution in [3.05, 3.63) is 29.8 Å². The van der Waals surface area contributed by atoms with Gasteiger partial charge in [0.25, 0.3) is 0 Å². The van der Waals surface area contributed by atoms with Gasteiger partial charge in [0.15, 0.2) is 0 Å². The van der Waals surface area contributed by atoms with Gasteiger partial charge < -0.3 is 5.32 Å². The van der Waals surface area contributed by atoms with Crippen molar-refractivity contribution in [2.24, 2.45) is 11.8 Å². The van der Waals surface area contributed by atoms with Crippen LogP contribution in [-0.4, -0.2) is 40.7 Å². The van der Waals surface area contributed by atoms with Gasteiger partial charge in [0.05, 0.1) is 11.8 Å². The average molecular weight is 375 g/mol. The Kier molecular flexibility index (Phi) is 6.01. The van der Waals surface area contributed by atoms with E-state index in [4.69, 9.17) is 0 Å². The number of imide groups is 1. The molecule has 0 spiro atoms. The van der Waals surface area contributed by atoms with Crippen LogP contribution in [0.4, 0.5) is 5.69 Å². The Morgan fingerprint density at radius 1 is 1.23 bits per heavy atom. The van der Waals surface area contributed by atoms with Gasteiger partial charge in [0.2, 0.25) is 17.7 Å². The molecule has 6 heteroatoms. The van der Waals surface area contributed by atoms with Crippen LogP contribution < -0.4 is 5.32 Å². The number of fused-ring (bicyclic) bond motifs is 1. The van der Waals surface area contributed by atoms with Gasteiger partial charge in [-0.25, -0.2) is 0 Å². The molecule has 1 aliphatic carbocycles. The van der Waals surface area contributed by atoms with Gasteiger partial charge in [-0.3, -0.25) is 19.3 Å². The molecule has 5 nitrogen and oxygen atoms in total. The summed E-state index contributed by atoms with van der Waals surface area (Å²) in [6, 6.07) is 6.82. The fourth-order valence-corrected chi connectivity index (χ4v) is 4.51. The third-order valence-corrected chi connectivity index (χ3v) is 6.01.